The van der Waals surface area contributed by atoms with Crippen molar-refractivity contribution in [2.45, 2.75) is 36.6 Å². The highest BCUT2D eigenvalue weighted by molar-refractivity contribution is 7.89. The molecular weight excluding hydrogens is 256 g/mol. The Morgan fingerprint density at radius 3 is 2.78 bits per heavy atom. The number of hydrogen-bond acceptors (Lipinski definition) is 5. The van der Waals surface area contributed by atoms with Gasteiger partial charge in [0.25, 0.3) is 10.0 Å². The molecule has 1 aliphatic rings. The maximum absolute atomic E-state index is 12.0. The molecule has 2 N–H and O–H groups in total. The molecule has 0 atom stereocenters. The minimum atomic E-state index is -3.55. The maximum atomic E-state index is 12.0. The highest BCUT2D eigenvalue weighted by Crippen LogP contribution is 2.25. The lowest BCUT2D eigenvalue weighted by Crippen LogP contribution is -2.47. The smallest absolute Gasteiger partial charge is 0.274 e. The van der Waals surface area contributed by atoms with Crippen LogP contribution in [-0.2, 0) is 21.3 Å². The largest absolute Gasteiger partial charge is 0.447 e. The van der Waals surface area contributed by atoms with Crippen LogP contribution >= 0.6 is 0 Å². The number of hydrogen-bond donors (Lipinski definition) is 2. The minimum Gasteiger partial charge on any atom is -0.447 e. The normalized spacial score (nSPS) is 23.9. The lowest BCUT2D eigenvalue weighted by Gasteiger charge is -2.33. The molecular formula is C11H18N2O4S. The first-order chi connectivity index (χ1) is 8.55. The maximum Gasteiger partial charge on any atom is 0.274 e. The Bertz CT molecular complexity index is 491. The van der Waals surface area contributed by atoms with E-state index in [4.69, 9.17) is 9.15 Å². The molecule has 1 aliphatic carbocycles. The van der Waals surface area contributed by atoms with Crippen LogP contribution < -0.4 is 10.0 Å². The molecule has 18 heavy (non-hydrogen) atoms. The van der Waals surface area contributed by atoms with Crippen LogP contribution in [0.3, 0.4) is 0 Å². The standard InChI is InChI=1S/C11H18N2O4S/c1-12-7-9-3-4-11(17-9)18(14,15)13-8-5-10(6-8)16-2/h3-4,8,10,12-13H,5-7H2,1-2H3. The summed E-state index contributed by atoms with van der Waals surface area (Å²) in [6, 6.07) is 3.07. The molecule has 0 spiro atoms. The van der Waals surface area contributed by atoms with Gasteiger partial charge in [0.05, 0.1) is 12.6 Å². The predicted octanol–water partition coefficient (Wildman–Crippen LogP) is 0.455. The molecule has 0 amide bonds. The SMILES string of the molecule is CNCc1ccc(S(=O)(=O)NC2CC(OC)C2)o1. The summed E-state index contributed by atoms with van der Waals surface area (Å²) in [6.07, 6.45) is 1.58. The number of sulfonamides is 1. The fourth-order valence-corrected chi connectivity index (χ4v) is 3.12. The van der Waals surface area contributed by atoms with Gasteiger partial charge in [-0.05, 0) is 32.0 Å². The minimum absolute atomic E-state index is 0.0337. The highest BCUT2D eigenvalue weighted by Gasteiger charge is 2.33. The molecule has 0 aliphatic heterocycles. The zero-order valence-electron chi connectivity index (χ0n) is 10.5. The first-order valence-corrected chi connectivity index (χ1v) is 7.32. The Balaban J connectivity index is 1.97. The average molecular weight is 274 g/mol. The molecule has 102 valence electrons. The number of ether oxygens (including phenoxy) is 1. The number of rotatable bonds is 6. The summed E-state index contributed by atoms with van der Waals surface area (Å²) in [5, 5.41) is 2.87. The van der Waals surface area contributed by atoms with Crippen molar-refractivity contribution in [3.05, 3.63) is 17.9 Å². The van der Waals surface area contributed by atoms with Crippen LogP contribution in [0.15, 0.2) is 21.6 Å². The van der Waals surface area contributed by atoms with Crippen LogP contribution in [0.5, 0.6) is 0 Å². The molecule has 0 bridgehead atoms. The van der Waals surface area contributed by atoms with Gasteiger partial charge in [-0.15, -0.1) is 0 Å². The van der Waals surface area contributed by atoms with Gasteiger partial charge in [-0.25, -0.2) is 13.1 Å². The second-order valence-electron chi connectivity index (χ2n) is 4.40. The van der Waals surface area contributed by atoms with Gasteiger partial charge in [-0.2, -0.15) is 0 Å². The Morgan fingerprint density at radius 2 is 2.17 bits per heavy atom. The molecule has 6 nitrogen and oxygen atoms in total. The Morgan fingerprint density at radius 1 is 1.44 bits per heavy atom. The van der Waals surface area contributed by atoms with Crippen molar-refractivity contribution >= 4 is 10.0 Å². The van der Waals surface area contributed by atoms with Gasteiger partial charge in [0, 0.05) is 13.2 Å². The van der Waals surface area contributed by atoms with Crippen LogP contribution in [0.1, 0.15) is 18.6 Å². The zero-order chi connectivity index (χ0) is 13.2. The zero-order valence-corrected chi connectivity index (χ0v) is 11.3. The average Bonchev–Trinajstić information content (AvgIpc) is 2.72. The summed E-state index contributed by atoms with van der Waals surface area (Å²) < 4.78 is 36.9. The van der Waals surface area contributed by atoms with E-state index in [2.05, 4.69) is 10.0 Å². The first kappa shape index (κ1) is 13.5. The summed E-state index contributed by atoms with van der Waals surface area (Å²) in [5.41, 5.74) is 0. The van der Waals surface area contributed by atoms with E-state index in [9.17, 15) is 8.42 Å². The van der Waals surface area contributed by atoms with Crippen LogP contribution in [-0.4, -0.2) is 34.7 Å². The summed E-state index contributed by atoms with van der Waals surface area (Å²) >= 11 is 0. The Hall–Kier alpha value is -0.890. The summed E-state index contributed by atoms with van der Waals surface area (Å²) in [6.45, 7) is 0.505. The van der Waals surface area contributed by atoms with Crippen molar-refractivity contribution in [2.75, 3.05) is 14.2 Å². The van der Waals surface area contributed by atoms with Crippen molar-refractivity contribution in [1.29, 1.82) is 0 Å². The molecule has 0 aromatic carbocycles. The molecule has 0 unspecified atom stereocenters. The van der Waals surface area contributed by atoms with E-state index in [1.54, 1.807) is 20.2 Å². The third-order valence-corrected chi connectivity index (χ3v) is 4.40. The third-order valence-electron chi connectivity index (χ3n) is 3.00. The van der Waals surface area contributed by atoms with E-state index in [1.165, 1.54) is 6.07 Å². The van der Waals surface area contributed by atoms with Crippen molar-refractivity contribution in [1.82, 2.24) is 10.0 Å². The number of furan rings is 1. The quantitative estimate of drug-likeness (QED) is 0.787. The molecule has 2 rings (SSSR count). The molecule has 0 saturated heterocycles. The Labute approximate surface area is 107 Å². The topological polar surface area (TPSA) is 80.6 Å². The molecule has 1 saturated carbocycles. The van der Waals surface area contributed by atoms with E-state index in [0.29, 0.717) is 25.1 Å². The van der Waals surface area contributed by atoms with Crippen molar-refractivity contribution < 1.29 is 17.6 Å². The van der Waals surface area contributed by atoms with E-state index in [1.807, 2.05) is 0 Å². The van der Waals surface area contributed by atoms with Gasteiger partial charge in [0.15, 0.2) is 0 Å². The molecule has 1 heterocycles. The van der Waals surface area contributed by atoms with Gasteiger partial charge in [-0.3, -0.25) is 0 Å². The van der Waals surface area contributed by atoms with E-state index < -0.39 is 10.0 Å². The summed E-state index contributed by atoms with van der Waals surface area (Å²) in [4.78, 5) is 0. The lowest BCUT2D eigenvalue weighted by molar-refractivity contribution is 0.0235. The molecule has 0 radical (unpaired) electrons. The predicted molar refractivity (Wildman–Crippen MR) is 65.6 cm³/mol. The van der Waals surface area contributed by atoms with Gasteiger partial charge < -0.3 is 14.5 Å². The van der Waals surface area contributed by atoms with Crippen molar-refractivity contribution in [3.8, 4) is 0 Å². The van der Waals surface area contributed by atoms with E-state index >= 15 is 0 Å². The van der Waals surface area contributed by atoms with Crippen LogP contribution in [0.2, 0.25) is 0 Å². The second-order valence-corrected chi connectivity index (χ2v) is 6.04. The van der Waals surface area contributed by atoms with Gasteiger partial charge in [0.1, 0.15) is 5.76 Å². The molecule has 1 aromatic rings. The summed E-state index contributed by atoms with van der Waals surface area (Å²) in [5.74, 6) is 0.598. The lowest BCUT2D eigenvalue weighted by atomic mass is 9.90. The second kappa shape index (κ2) is 5.40. The highest BCUT2D eigenvalue weighted by atomic mass is 32.2. The summed E-state index contributed by atoms with van der Waals surface area (Å²) in [7, 11) is -0.147. The molecule has 1 fully saturated rings. The Kier molecular flexibility index (Phi) is 4.06. The van der Waals surface area contributed by atoms with Gasteiger partial charge >= 0.3 is 0 Å². The number of nitrogens with one attached hydrogen (secondary N) is 2. The molecule has 1 aromatic heterocycles. The van der Waals surface area contributed by atoms with Crippen LogP contribution in [0.4, 0.5) is 0 Å². The van der Waals surface area contributed by atoms with Crippen molar-refractivity contribution in [2.24, 2.45) is 0 Å². The first-order valence-electron chi connectivity index (χ1n) is 5.83. The van der Waals surface area contributed by atoms with Gasteiger partial charge in [0.2, 0.25) is 5.09 Å². The van der Waals surface area contributed by atoms with Crippen LogP contribution in [0.25, 0.3) is 0 Å². The molecule has 7 heteroatoms. The number of methoxy groups -OCH3 is 1. The van der Waals surface area contributed by atoms with E-state index in [-0.39, 0.29) is 17.2 Å². The fourth-order valence-electron chi connectivity index (χ4n) is 1.90. The van der Waals surface area contributed by atoms with Crippen LogP contribution in [0, 0.1) is 0 Å². The third kappa shape index (κ3) is 2.92. The van der Waals surface area contributed by atoms with E-state index in [0.717, 1.165) is 0 Å². The fraction of sp³-hybridized carbons (Fsp3) is 0.636. The van der Waals surface area contributed by atoms with Crippen molar-refractivity contribution in [3.63, 3.8) is 0 Å². The monoisotopic (exact) mass is 274 g/mol. The van der Waals surface area contributed by atoms with Gasteiger partial charge in [-0.1, -0.05) is 0 Å².